The van der Waals surface area contributed by atoms with Crippen LogP contribution in [0.4, 0.5) is 0 Å². The summed E-state index contributed by atoms with van der Waals surface area (Å²) in [5.41, 5.74) is 1.68. The average molecular weight is 348 g/mol. The highest BCUT2D eigenvalue weighted by Gasteiger charge is 2.31. The molecular formula is C18H24N2O3S. The fraction of sp³-hybridized carbons (Fsp3) is 0.500. The summed E-state index contributed by atoms with van der Waals surface area (Å²) in [5.74, 6) is 0.241. The van der Waals surface area contributed by atoms with Gasteiger partial charge in [-0.25, -0.2) is 12.7 Å². The summed E-state index contributed by atoms with van der Waals surface area (Å²) in [6.45, 7) is 2.89. The first-order chi connectivity index (χ1) is 11.5. The van der Waals surface area contributed by atoms with Crippen LogP contribution in [0.1, 0.15) is 43.0 Å². The Bertz CT molecular complexity index is 818. The van der Waals surface area contributed by atoms with Crippen molar-refractivity contribution in [2.24, 2.45) is 5.92 Å². The highest BCUT2D eigenvalue weighted by Crippen LogP contribution is 2.27. The number of nitrogens with zero attached hydrogens (tertiary/aromatic N) is 1. The molecule has 1 aromatic carbocycles. The number of para-hydroxylation sites is 1. The lowest BCUT2D eigenvalue weighted by molar-refractivity contribution is 0.0877. The minimum Gasteiger partial charge on any atom is -0.360 e. The van der Waals surface area contributed by atoms with E-state index in [9.17, 15) is 13.2 Å². The molecule has 1 fully saturated rings. The number of hydrogen-bond acceptors (Lipinski definition) is 3. The second kappa shape index (κ2) is 7.07. The number of aromatic nitrogens is 1. The number of benzene rings is 1. The molecule has 1 saturated heterocycles. The van der Waals surface area contributed by atoms with Crippen LogP contribution in [0.5, 0.6) is 0 Å². The van der Waals surface area contributed by atoms with Crippen LogP contribution in [0.2, 0.25) is 0 Å². The zero-order valence-corrected chi connectivity index (χ0v) is 14.8. The Hall–Kier alpha value is -1.66. The molecule has 0 atom stereocenters. The van der Waals surface area contributed by atoms with Gasteiger partial charge in [0.05, 0.1) is 5.75 Å². The van der Waals surface area contributed by atoms with E-state index in [1.807, 2.05) is 31.2 Å². The quantitative estimate of drug-likeness (QED) is 0.815. The summed E-state index contributed by atoms with van der Waals surface area (Å²) in [5, 5.41) is 0.945. The molecule has 5 nitrogen and oxygen atoms in total. The number of Topliss-reactive ketones (excluding diaryl/α,β-unsaturated/α-hetero) is 1. The topological polar surface area (TPSA) is 70.2 Å². The smallest absolute Gasteiger partial charge is 0.214 e. The van der Waals surface area contributed by atoms with Gasteiger partial charge in [-0.15, -0.1) is 0 Å². The van der Waals surface area contributed by atoms with Gasteiger partial charge in [0, 0.05) is 41.7 Å². The first kappa shape index (κ1) is 17.2. The summed E-state index contributed by atoms with van der Waals surface area (Å²) in [7, 11) is -3.17. The van der Waals surface area contributed by atoms with Gasteiger partial charge in [0.25, 0.3) is 0 Å². The fourth-order valence-corrected chi connectivity index (χ4v) is 5.03. The number of aromatic amines is 1. The van der Waals surface area contributed by atoms with Crippen LogP contribution >= 0.6 is 0 Å². The van der Waals surface area contributed by atoms with E-state index >= 15 is 0 Å². The minimum absolute atomic E-state index is 0.0955. The van der Waals surface area contributed by atoms with Crippen molar-refractivity contribution in [3.63, 3.8) is 0 Å². The Kier molecular flexibility index (Phi) is 5.06. The molecular weight excluding hydrogens is 324 g/mol. The Morgan fingerprint density at radius 1 is 1.25 bits per heavy atom. The van der Waals surface area contributed by atoms with Crippen molar-refractivity contribution in [2.75, 3.05) is 18.8 Å². The Balaban J connectivity index is 1.67. The number of hydrogen-bond donors (Lipinski definition) is 1. The number of carbonyl (C=O) groups is 1. The third-order valence-corrected chi connectivity index (χ3v) is 6.79. The summed E-state index contributed by atoms with van der Waals surface area (Å²) in [6, 6.07) is 7.76. The zero-order valence-electron chi connectivity index (χ0n) is 14.0. The molecule has 3 rings (SSSR count). The molecule has 1 aromatic heterocycles. The van der Waals surface area contributed by atoms with Gasteiger partial charge in [0.15, 0.2) is 5.78 Å². The van der Waals surface area contributed by atoms with Gasteiger partial charge in [0.1, 0.15) is 0 Å². The molecule has 6 heteroatoms. The molecule has 24 heavy (non-hydrogen) atoms. The van der Waals surface area contributed by atoms with Gasteiger partial charge in [-0.3, -0.25) is 4.79 Å². The van der Waals surface area contributed by atoms with Crippen molar-refractivity contribution in [1.29, 1.82) is 0 Å². The van der Waals surface area contributed by atoms with Crippen LogP contribution in [-0.2, 0) is 10.0 Å². The largest absolute Gasteiger partial charge is 0.360 e. The normalized spacial score (nSPS) is 17.4. The van der Waals surface area contributed by atoms with Gasteiger partial charge in [0.2, 0.25) is 10.0 Å². The summed E-state index contributed by atoms with van der Waals surface area (Å²) in [4.78, 5) is 16.0. The van der Waals surface area contributed by atoms with Crippen LogP contribution in [0.3, 0.4) is 0 Å². The summed E-state index contributed by atoms with van der Waals surface area (Å²) >= 11 is 0. The van der Waals surface area contributed by atoms with Crippen molar-refractivity contribution in [3.8, 4) is 0 Å². The van der Waals surface area contributed by atoms with Gasteiger partial charge in [-0.1, -0.05) is 31.5 Å². The molecule has 0 spiro atoms. The first-order valence-corrected chi connectivity index (χ1v) is 10.2. The molecule has 0 amide bonds. The van der Waals surface area contributed by atoms with Crippen molar-refractivity contribution < 1.29 is 13.2 Å². The maximum absolute atomic E-state index is 12.8. The number of sulfonamides is 1. The molecule has 0 bridgehead atoms. The van der Waals surface area contributed by atoms with Gasteiger partial charge in [-0.2, -0.15) is 0 Å². The van der Waals surface area contributed by atoms with E-state index in [-0.39, 0.29) is 17.5 Å². The number of fused-ring (bicyclic) bond motifs is 1. The fourth-order valence-electron chi connectivity index (χ4n) is 3.35. The van der Waals surface area contributed by atoms with Crippen LogP contribution in [0.25, 0.3) is 10.9 Å². The number of nitrogens with one attached hydrogen (secondary N) is 1. The number of piperidine rings is 1. The predicted molar refractivity (Wildman–Crippen MR) is 95.6 cm³/mol. The van der Waals surface area contributed by atoms with E-state index in [1.165, 1.54) is 0 Å². The zero-order chi connectivity index (χ0) is 17.2. The van der Waals surface area contributed by atoms with Crippen LogP contribution < -0.4 is 0 Å². The van der Waals surface area contributed by atoms with E-state index in [4.69, 9.17) is 0 Å². The standard InChI is InChI=1S/C18H24N2O3S/c1-2-3-12-24(22,23)20-10-8-14(9-11-20)18(21)16-13-19-17-7-5-4-6-15(16)17/h4-7,13-14,19H,2-3,8-12H2,1H3. The molecule has 0 unspecified atom stereocenters. The molecule has 1 aliphatic heterocycles. The lowest BCUT2D eigenvalue weighted by Gasteiger charge is -2.30. The van der Waals surface area contributed by atoms with Crippen LogP contribution in [-0.4, -0.2) is 42.3 Å². The maximum atomic E-state index is 12.8. The van der Waals surface area contributed by atoms with Gasteiger partial charge in [-0.05, 0) is 25.3 Å². The average Bonchev–Trinajstić information content (AvgIpc) is 3.03. The van der Waals surface area contributed by atoms with Crippen molar-refractivity contribution in [1.82, 2.24) is 9.29 Å². The molecule has 1 aliphatic rings. The second-order valence-electron chi connectivity index (χ2n) is 6.46. The monoisotopic (exact) mass is 348 g/mol. The Morgan fingerprint density at radius 2 is 1.96 bits per heavy atom. The molecule has 2 heterocycles. The lowest BCUT2D eigenvalue weighted by Crippen LogP contribution is -2.41. The third kappa shape index (κ3) is 3.39. The third-order valence-electron chi connectivity index (χ3n) is 4.83. The highest BCUT2D eigenvalue weighted by atomic mass is 32.2. The minimum atomic E-state index is -3.17. The van der Waals surface area contributed by atoms with Crippen molar-refractivity contribution >= 4 is 26.7 Å². The number of carbonyl (C=O) groups excluding carboxylic acids is 1. The highest BCUT2D eigenvalue weighted by molar-refractivity contribution is 7.89. The number of rotatable bonds is 6. The molecule has 2 aromatic rings. The first-order valence-electron chi connectivity index (χ1n) is 8.61. The van der Waals surface area contributed by atoms with Gasteiger partial charge < -0.3 is 4.98 Å². The lowest BCUT2D eigenvalue weighted by atomic mass is 9.89. The summed E-state index contributed by atoms with van der Waals surface area (Å²) in [6.07, 6.45) is 4.54. The number of H-pyrrole nitrogens is 1. The Morgan fingerprint density at radius 3 is 2.67 bits per heavy atom. The van der Waals surface area contributed by atoms with Crippen molar-refractivity contribution in [2.45, 2.75) is 32.6 Å². The van der Waals surface area contributed by atoms with Gasteiger partial charge >= 0.3 is 0 Å². The Labute approximate surface area is 143 Å². The number of unbranched alkanes of at least 4 members (excludes halogenated alkanes) is 1. The summed E-state index contributed by atoms with van der Waals surface area (Å²) < 4.78 is 26.1. The SMILES string of the molecule is CCCCS(=O)(=O)N1CCC(C(=O)c2c[nH]c3ccccc23)CC1. The van der Waals surface area contributed by atoms with Crippen molar-refractivity contribution in [3.05, 3.63) is 36.0 Å². The molecule has 0 radical (unpaired) electrons. The molecule has 0 saturated carbocycles. The number of ketones is 1. The van der Waals surface area contributed by atoms with E-state index < -0.39 is 10.0 Å². The predicted octanol–water partition coefficient (Wildman–Crippen LogP) is 3.19. The maximum Gasteiger partial charge on any atom is 0.214 e. The van der Waals surface area contributed by atoms with Crippen LogP contribution in [0, 0.1) is 5.92 Å². The second-order valence-corrected chi connectivity index (χ2v) is 8.54. The molecule has 0 aliphatic carbocycles. The van der Waals surface area contributed by atoms with E-state index in [2.05, 4.69) is 4.98 Å². The van der Waals surface area contributed by atoms with Crippen LogP contribution in [0.15, 0.2) is 30.5 Å². The van der Waals surface area contributed by atoms with E-state index in [1.54, 1.807) is 10.5 Å². The molecule has 130 valence electrons. The molecule has 1 N–H and O–H groups in total. The van der Waals surface area contributed by atoms with E-state index in [0.29, 0.717) is 32.4 Å². The van der Waals surface area contributed by atoms with E-state index in [0.717, 1.165) is 22.9 Å².